The number of nitrogens with zero attached hydrogens (tertiary/aromatic N) is 4. The molecule has 0 spiro atoms. The van der Waals surface area contributed by atoms with E-state index in [2.05, 4.69) is 27.5 Å². The molecule has 11 nitrogen and oxygen atoms in total. The van der Waals surface area contributed by atoms with E-state index in [1.165, 1.54) is 22.8 Å². The topological polar surface area (TPSA) is 143 Å². The first-order valence-corrected chi connectivity index (χ1v) is 13.6. The van der Waals surface area contributed by atoms with Gasteiger partial charge in [0, 0.05) is 54.0 Å². The molecule has 5 rings (SSSR count). The lowest BCUT2D eigenvalue weighted by molar-refractivity contribution is -0.118. The zero-order chi connectivity index (χ0) is 26.4. The molecule has 2 heterocycles. The van der Waals surface area contributed by atoms with Gasteiger partial charge in [-0.1, -0.05) is 11.8 Å². The van der Waals surface area contributed by atoms with Crippen molar-refractivity contribution in [1.82, 2.24) is 14.5 Å². The summed E-state index contributed by atoms with van der Waals surface area (Å²) >= 11 is -1.44. The number of imidazole rings is 1. The molecule has 12 heteroatoms. The van der Waals surface area contributed by atoms with E-state index in [9.17, 15) is 24.0 Å². The van der Waals surface area contributed by atoms with Crippen LogP contribution in [0.15, 0.2) is 23.4 Å². The van der Waals surface area contributed by atoms with Gasteiger partial charge < -0.3 is 25.2 Å². The van der Waals surface area contributed by atoms with Gasteiger partial charge in [0.25, 0.3) is 5.91 Å². The molecule has 0 saturated heterocycles. The largest absolute Gasteiger partial charge is 0.609 e. The smallest absolute Gasteiger partial charge is 0.325 e. The SMILES string of the molecule is CN1C(=O)c2c(nc([S+](C)[O-])n2C)N(CC#Cc2cc(NC(=O)C3CC3)cc(NC(=O)C3CC3)c2)C1O. The summed E-state index contributed by atoms with van der Waals surface area (Å²) in [5.41, 5.74) is 1.86. The summed E-state index contributed by atoms with van der Waals surface area (Å²) in [6.07, 6.45) is 3.64. The van der Waals surface area contributed by atoms with Crippen molar-refractivity contribution in [2.45, 2.75) is 37.2 Å². The zero-order valence-corrected chi connectivity index (χ0v) is 21.6. The van der Waals surface area contributed by atoms with Crippen LogP contribution >= 0.6 is 0 Å². The molecule has 2 aliphatic carbocycles. The highest BCUT2D eigenvalue weighted by Gasteiger charge is 2.40. The average molecular weight is 525 g/mol. The number of carbonyl (C=O) groups is 3. The van der Waals surface area contributed by atoms with Gasteiger partial charge in [0.15, 0.2) is 11.5 Å². The Morgan fingerprint density at radius 1 is 1.11 bits per heavy atom. The molecule has 0 radical (unpaired) electrons. The predicted molar refractivity (Wildman–Crippen MR) is 137 cm³/mol. The third-order valence-corrected chi connectivity index (χ3v) is 7.44. The first-order valence-electron chi connectivity index (χ1n) is 12.0. The van der Waals surface area contributed by atoms with Gasteiger partial charge in [0.05, 0.1) is 6.54 Å². The lowest BCUT2D eigenvalue weighted by Crippen LogP contribution is -2.54. The molecule has 3 N–H and O–H groups in total. The van der Waals surface area contributed by atoms with Crippen molar-refractivity contribution in [3.63, 3.8) is 0 Å². The van der Waals surface area contributed by atoms with Gasteiger partial charge in [-0.3, -0.25) is 23.9 Å². The second kappa shape index (κ2) is 9.74. The highest BCUT2D eigenvalue weighted by Crippen LogP contribution is 2.33. The highest BCUT2D eigenvalue weighted by atomic mass is 32.2. The molecule has 2 aromatic rings. The van der Waals surface area contributed by atoms with Crippen molar-refractivity contribution in [1.29, 1.82) is 0 Å². The van der Waals surface area contributed by atoms with Crippen LogP contribution in [0, 0.1) is 23.7 Å². The maximum absolute atomic E-state index is 12.8. The van der Waals surface area contributed by atoms with E-state index in [4.69, 9.17) is 0 Å². The molecule has 3 amide bonds. The number of fused-ring (bicyclic) bond motifs is 1. The van der Waals surface area contributed by atoms with Crippen LogP contribution in [0.3, 0.4) is 0 Å². The third-order valence-electron chi connectivity index (χ3n) is 6.56. The second-order valence-corrected chi connectivity index (χ2v) is 10.9. The molecule has 2 fully saturated rings. The molecule has 37 heavy (non-hydrogen) atoms. The molecule has 1 aromatic carbocycles. The standard InChI is InChI=1S/C25H28N6O5S/c1-29-19-20(28-24(29)37(3)36)31(25(35)30(2)23(19)34)10-4-5-14-11-17(26-21(32)15-6-7-15)13-18(12-14)27-22(33)16-8-9-16/h11-13,15-16,25,35H,6-10H2,1-3H3,(H,26,32)(H,27,33). The van der Waals surface area contributed by atoms with Crippen LogP contribution in [0.25, 0.3) is 0 Å². The number of hydrogen-bond donors (Lipinski definition) is 3. The van der Waals surface area contributed by atoms with Crippen LogP contribution in [0.5, 0.6) is 0 Å². The molecule has 2 saturated carbocycles. The van der Waals surface area contributed by atoms with Crippen molar-refractivity contribution >= 4 is 46.1 Å². The van der Waals surface area contributed by atoms with Gasteiger partial charge in [0.2, 0.25) is 18.2 Å². The van der Waals surface area contributed by atoms with E-state index in [0.29, 0.717) is 16.9 Å². The van der Waals surface area contributed by atoms with Crippen molar-refractivity contribution in [3.05, 3.63) is 29.5 Å². The number of aliphatic hydroxyl groups excluding tert-OH is 1. The van der Waals surface area contributed by atoms with E-state index < -0.39 is 23.4 Å². The Bertz CT molecular complexity index is 1290. The van der Waals surface area contributed by atoms with Crippen molar-refractivity contribution in [2.24, 2.45) is 18.9 Å². The first kappa shape index (κ1) is 25.1. The quantitative estimate of drug-likeness (QED) is 0.379. The monoisotopic (exact) mass is 524 g/mol. The van der Waals surface area contributed by atoms with Crippen molar-refractivity contribution < 1.29 is 24.0 Å². The molecule has 0 bridgehead atoms. The highest BCUT2D eigenvalue weighted by molar-refractivity contribution is 7.90. The lowest BCUT2D eigenvalue weighted by Gasteiger charge is -2.37. The lowest BCUT2D eigenvalue weighted by atomic mass is 10.1. The summed E-state index contributed by atoms with van der Waals surface area (Å²) in [6, 6.07) is 5.17. The van der Waals surface area contributed by atoms with E-state index in [1.807, 2.05) is 0 Å². The fraction of sp³-hybridized carbons (Fsp3) is 0.440. The minimum absolute atomic E-state index is 0.0149. The summed E-state index contributed by atoms with van der Waals surface area (Å²) in [6.45, 7) is 0.0149. The Hall–Kier alpha value is -3.53. The van der Waals surface area contributed by atoms with Crippen LogP contribution in [-0.4, -0.2) is 68.0 Å². The Morgan fingerprint density at radius 2 is 1.68 bits per heavy atom. The van der Waals surface area contributed by atoms with Gasteiger partial charge in [0.1, 0.15) is 6.26 Å². The predicted octanol–water partition coefficient (Wildman–Crippen LogP) is 1.07. The summed E-state index contributed by atoms with van der Waals surface area (Å²) < 4.78 is 13.6. The summed E-state index contributed by atoms with van der Waals surface area (Å²) in [4.78, 5) is 44.3. The fourth-order valence-electron chi connectivity index (χ4n) is 4.16. The Labute approximate surface area is 217 Å². The molecule has 194 valence electrons. The van der Waals surface area contributed by atoms with E-state index in [-0.39, 0.29) is 46.9 Å². The number of anilines is 3. The Kier molecular flexibility index (Phi) is 6.61. The third kappa shape index (κ3) is 5.16. The molecule has 2 atom stereocenters. The minimum Gasteiger partial charge on any atom is -0.609 e. The van der Waals surface area contributed by atoms with E-state index in [0.717, 1.165) is 30.6 Å². The van der Waals surface area contributed by atoms with Crippen LogP contribution in [0.2, 0.25) is 0 Å². The van der Waals surface area contributed by atoms with Crippen LogP contribution in [0.1, 0.15) is 41.7 Å². The number of benzene rings is 1. The minimum atomic E-state index is -1.44. The van der Waals surface area contributed by atoms with Crippen molar-refractivity contribution in [3.8, 4) is 11.8 Å². The van der Waals surface area contributed by atoms with Gasteiger partial charge in [-0.05, 0) is 43.9 Å². The van der Waals surface area contributed by atoms with Crippen LogP contribution in [0.4, 0.5) is 17.2 Å². The number of amides is 3. The second-order valence-electron chi connectivity index (χ2n) is 9.60. The molecular formula is C25H28N6O5S. The Morgan fingerprint density at radius 3 is 2.19 bits per heavy atom. The maximum Gasteiger partial charge on any atom is 0.325 e. The normalized spacial score (nSPS) is 19.6. The van der Waals surface area contributed by atoms with Gasteiger partial charge >= 0.3 is 5.16 Å². The van der Waals surface area contributed by atoms with E-state index in [1.54, 1.807) is 25.2 Å². The van der Waals surface area contributed by atoms with Gasteiger partial charge in [-0.2, -0.15) is 4.98 Å². The zero-order valence-electron chi connectivity index (χ0n) is 20.8. The first-order chi connectivity index (χ1) is 17.6. The summed E-state index contributed by atoms with van der Waals surface area (Å²) in [7, 11) is 3.07. The average Bonchev–Trinajstić information content (AvgIpc) is 3.75. The molecule has 2 unspecified atom stereocenters. The number of nitrogens with one attached hydrogen (secondary N) is 2. The molecule has 1 aromatic heterocycles. The molecule has 3 aliphatic rings. The number of rotatable bonds is 6. The van der Waals surface area contributed by atoms with E-state index >= 15 is 0 Å². The molecular weight excluding hydrogens is 496 g/mol. The van der Waals surface area contributed by atoms with Crippen molar-refractivity contribution in [2.75, 3.05) is 35.4 Å². The maximum atomic E-state index is 12.8. The van der Waals surface area contributed by atoms with Gasteiger partial charge in [-0.25, -0.2) is 0 Å². The number of carbonyl (C=O) groups excluding carboxylic acids is 3. The number of aliphatic hydroxyl groups is 1. The Balaban J connectivity index is 1.41. The van der Waals surface area contributed by atoms with Crippen LogP contribution < -0.4 is 15.5 Å². The molecule has 1 aliphatic heterocycles. The fourth-order valence-corrected chi connectivity index (χ4v) is 4.85. The summed E-state index contributed by atoms with van der Waals surface area (Å²) in [5.74, 6) is 5.73. The summed E-state index contributed by atoms with van der Waals surface area (Å²) in [5, 5.41) is 16.7. The number of hydrogen-bond acceptors (Lipinski definition) is 7. The van der Waals surface area contributed by atoms with Crippen LogP contribution in [-0.2, 0) is 27.8 Å². The van der Waals surface area contributed by atoms with Gasteiger partial charge in [-0.15, -0.1) is 0 Å². The number of aromatic nitrogens is 2.